The Labute approximate surface area is 168 Å². The molecule has 0 fully saturated rings. The zero-order chi connectivity index (χ0) is 19.5. The fraction of sp³-hybridized carbons (Fsp3) is 0.125. The van der Waals surface area contributed by atoms with Gasteiger partial charge in [0.1, 0.15) is 5.03 Å². The lowest BCUT2D eigenvalue weighted by Gasteiger charge is -2.09. The molecule has 0 radical (unpaired) electrons. The van der Waals surface area contributed by atoms with Gasteiger partial charge in [-0.1, -0.05) is 72.4 Å². The number of hydrogen-bond donors (Lipinski definition) is 0. The predicted octanol–water partition coefficient (Wildman–Crippen LogP) is 5.89. The number of rotatable bonds is 5. The third-order valence-corrected chi connectivity index (χ3v) is 5.76. The molecule has 4 aromatic rings. The van der Waals surface area contributed by atoms with E-state index in [1.54, 1.807) is 0 Å². The molecule has 1 heterocycles. The lowest BCUT2D eigenvalue weighted by atomic mass is 10.0. The van der Waals surface area contributed by atoms with Crippen molar-refractivity contribution in [1.29, 1.82) is 0 Å². The molecule has 0 amide bonds. The van der Waals surface area contributed by atoms with Gasteiger partial charge in [0.15, 0.2) is 11.6 Å². The van der Waals surface area contributed by atoms with Gasteiger partial charge in [-0.25, -0.2) is 9.97 Å². The Morgan fingerprint density at radius 3 is 2.39 bits per heavy atom. The Bertz CT molecular complexity index is 1160. The van der Waals surface area contributed by atoms with Crippen LogP contribution in [0.1, 0.15) is 21.5 Å². The Hall–Kier alpha value is -2.98. The second-order valence-corrected chi connectivity index (χ2v) is 7.71. The minimum absolute atomic E-state index is 0.108. The molecule has 4 rings (SSSR count). The van der Waals surface area contributed by atoms with Crippen LogP contribution in [0.15, 0.2) is 77.8 Å². The smallest absolute Gasteiger partial charge is 0.173 e. The van der Waals surface area contributed by atoms with Gasteiger partial charge in [-0.3, -0.25) is 4.79 Å². The van der Waals surface area contributed by atoms with Gasteiger partial charge in [-0.15, -0.1) is 0 Å². The summed E-state index contributed by atoms with van der Waals surface area (Å²) >= 11 is 1.47. The van der Waals surface area contributed by atoms with Gasteiger partial charge in [0, 0.05) is 16.5 Å². The Morgan fingerprint density at radius 2 is 1.61 bits per heavy atom. The quantitative estimate of drug-likeness (QED) is 0.244. The van der Waals surface area contributed by atoms with Gasteiger partial charge in [-0.2, -0.15) is 0 Å². The number of aromatic nitrogens is 2. The highest BCUT2D eigenvalue weighted by molar-refractivity contribution is 8.00. The molecule has 0 aliphatic rings. The van der Waals surface area contributed by atoms with Crippen LogP contribution >= 0.6 is 11.8 Å². The Kier molecular flexibility index (Phi) is 5.22. The van der Waals surface area contributed by atoms with Crippen LogP contribution in [0.3, 0.4) is 0 Å². The number of nitrogens with zero attached hydrogens (tertiary/aromatic N) is 2. The van der Waals surface area contributed by atoms with Crippen LogP contribution in [-0.4, -0.2) is 21.5 Å². The topological polar surface area (TPSA) is 42.9 Å². The monoisotopic (exact) mass is 384 g/mol. The Balaban J connectivity index is 1.65. The number of carbonyl (C=O) groups excluding carboxylic acids is 1. The summed E-state index contributed by atoms with van der Waals surface area (Å²) in [5.41, 5.74) is 4.93. The summed E-state index contributed by atoms with van der Waals surface area (Å²) in [6.45, 7) is 4.08. The van der Waals surface area contributed by atoms with E-state index in [9.17, 15) is 4.79 Å². The number of carbonyl (C=O) groups is 1. The minimum atomic E-state index is 0.108. The van der Waals surface area contributed by atoms with Crippen molar-refractivity contribution in [3.63, 3.8) is 0 Å². The fourth-order valence-corrected chi connectivity index (χ4v) is 3.92. The second-order valence-electron chi connectivity index (χ2n) is 6.75. The maximum atomic E-state index is 12.7. The van der Waals surface area contributed by atoms with Crippen LogP contribution in [0.2, 0.25) is 0 Å². The van der Waals surface area contributed by atoms with Crippen LogP contribution in [0.4, 0.5) is 0 Å². The third kappa shape index (κ3) is 3.82. The Morgan fingerprint density at radius 1 is 0.857 bits per heavy atom. The first-order chi connectivity index (χ1) is 13.6. The van der Waals surface area contributed by atoms with E-state index in [1.807, 2.05) is 79.7 Å². The number of benzene rings is 3. The van der Waals surface area contributed by atoms with E-state index in [2.05, 4.69) is 6.92 Å². The number of Topliss-reactive ketones (excluding diaryl/α,β-unsaturated/α-hetero) is 1. The molecule has 0 unspecified atom stereocenters. The van der Waals surface area contributed by atoms with Crippen molar-refractivity contribution >= 4 is 28.4 Å². The molecular weight excluding hydrogens is 364 g/mol. The summed E-state index contributed by atoms with van der Waals surface area (Å²) in [6, 6.07) is 23.7. The molecule has 0 atom stereocenters. The molecule has 0 saturated carbocycles. The zero-order valence-corrected chi connectivity index (χ0v) is 16.7. The van der Waals surface area contributed by atoms with Gasteiger partial charge in [0.2, 0.25) is 0 Å². The number of aryl methyl sites for hydroxylation is 2. The fourth-order valence-electron chi connectivity index (χ4n) is 3.01. The van der Waals surface area contributed by atoms with E-state index in [0.717, 1.165) is 32.6 Å². The van der Waals surface area contributed by atoms with E-state index in [-0.39, 0.29) is 5.78 Å². The standard InChI is InChI=1S/C24H20N2OS/c1-16-12-13-19(14-17(16)2)22(27)15-28-24-20-10-6-7-11-21(20)25-23(26-24)18-8-4-3-5-9-18/h3-14H,15H2,1-2H3. The van der Waals surface area contributed by atoms with E-state index in [4.69, 9.17) is 9.97 Å². The first kappa shape index (κ1) is 18.4. The van der Waals surface area contributed by atoms with Crippen LogP contribution in [0.25, 0.3) is 22.3 Å². The van der Waals surface area contributed by atoms with Gasteiger partial charge < -0.3 is 0 Å². The van der Waals surface area contributed by atoms with Crippen LogP contribution < -0.4 is 0 Å². The molecule has 138 valence electrons. The summed E-state index contributed by atoms with van der Waals surface area (Å²) in [6.07, 6.45) is 0. The highest BCUT2D eigenvalue weighted by Crippen LogP contribution is 2.29. The van der Waals surface area contributed by atoms with Gasteiger partial charge in [-0.05, 0) is 37.1 Å². The second kappa shape index (κ2) is 7.95. The molecule has 3 aromatic carbocycles. The SMILES string of the molecule is Cc1ccc(C(=O)CSc2nc(-c3ccccc3)nc3ccccc23)cc1C. The van der Waals surface area contributed by atoms with Crippen molar-refractivity contribution in [3.8, 4) is 11.4 Å². The third-order valence-electron chi connectivity index (χ3n) is 4.77. The van der Waals surface area contributed by atoms with E-state index in [1.165, 1.54) is 17.3 Å². The maximum absolute atomic E-state index is 12.7. The van der Waals surface area contributed by atoms with Crippen LogP contribution in [0.5, 0.6) is 0 Å². The molecule has 3 nitrogen and oxygen atoms in total. The largest absolute Gasteiger partial charge is 0.293 e. The molecule has 0 aliphatic carbocycles. The highest BCUT2D eigenvalue weighted by Gasteiger charge is 2.13. The number of hydrogen-bond acceptors (Lipinski definition) is 4. The molecule has 0 bridgehead atoms. The summed E-state index contributed by atoms with van der Waals surface area (Å²) in [5, 5.41) is 1.81. The molecule has 0 saturated heterocycles. The number of para-hydroxylation sites is 1. The molecular formula is C24H20N2OS. The first-order valence-corrected chi connectivity index (χ1v) is 10.2. The van der Waals surface area contributed by atoms with Crippen molar-refractivity contribution < 1.29 is 4.79 Å². The summed E-state index contributed by atoms with van der Waals surface area (Å²) < 4.78 is 0. The van der Waals surface area contributed by atoms with E-state index in [0.29, 0.717) is 11.6 Å². The summed E-state index contributed by atoms with van der Waals surface area (Å²) in [4.78, 5) is 22.2. The maximum Gasteiger partial charge on any atom is 0.173 e. The van der Waals surface area contributed by atoms with Crippen LogP contribution in [0, 0.1) is 13.8 Å². The average Bonchev–Trinajstić information content (AvgIpc) is 2.74. The summed E-state index contributed by atoms with van der Waals surface area (Å²) in [5.74, 6) is 1.13. The van der Waals surface area contributed by atoms with Gasteiger partial charge in [0.25, 0.3) is 0 Å². The van der Waals surface area contributed by atoms with Crippen molar-refractivity contribution in [2.75, 3.05) is 5.75 Å². The summed E-state index contributed by atoms with van der Waals surface area (Å²) in [7, 11) is 0. The number of thioether (sulfide) groups is 1. The molecule has 0 N–H and O–H groups in total. The lowest BCUT2D eigenvalue weighted by Crippen LogP contribution is -2.04. The number of fused-ring (bicyclic) bond motifs is 1. The first-order valence-electron chi connectivity index (χ1n) is 9.17. The highest BCUT2D eigenvalue weighted by atomic mass is 32.2. The zero-order valence-electron chi connectivity index (χ0n) is 15.8. The minimum Gasteiger partial charge on any atom is -0.293 e. The van der Waals surface area contributed by atoms with Crippen LogP contribution in [-0.2, 0) is 0 Å². The van der Waals surface area contributed by atoms with Gasteiger partial charge >= 0.3 is 0 Å². The van der Waals surface area contributed by atoms with Crippen molar-refractivity contribution in [2.45, 2.75) is 18.9 Å². The van der Waals surface area contributed by atoms with E-state index < -0.39 is 0 Å². The van der Waals surface area contributed by atoms with Crippen molar-refractivity contribution in [3.05, 3.63) is 89.5 Å². The lowest BCUT2D eigenvalue weighted by molar-refractivity contribution is 0.102. The van der Waals surface area contributed by atoms with E-state index >= 15 is 0 Å². The van der Waals surface area contributed by atoms with Crippen molar-refractivity contribution in [1.82, 2.24) is 9.97 Å². The normalized spacial score (nSPS) is 10.9. The number of ketones is 1. The predicted molar refractivity (Wildman–Crippen MR) is 116 cm³/mol. The van der Waals surface area contributed by atoms with Gasteiger partial charge in [0.05, 0.1) is 11.3 Å². The van der Waals surface area contributed by atoms with Crippen molar-refractivity contribution in [2.24, 2.45) is 0 Å². The molecule has 1 aromatic heterocycles. The molecule has 28 heavy (non-hydrogen) atoms. The molecule has 4 heteroatoms. The molecule has 0 spiro atoms. The average molecular weight is 385 g/mol. The molecule has 0 aliphatic heterocycles.